The van der Waals surface area contributed by atoms with Crippen LogP contribution in [0.5, 0.6) is 0 Å². The van der Waals surface area contributed by atoms with Gasteiger partial charge in [-0.1, -0.05) is 281 Å². The molecule has 0 aliphatic heterocycles. The number of rotatable bonds is 59. The molecule has 0 aliphatic carbocycles. The fourth-order valence-electron chi connectivity index (χ4n) is 9.78. The average molecular weight is 999 g/mol. The lowest BCUT2D eigenvalue weighted by Crippen LogP contribution is -2.45. The van der Waals surface area contributed by atoms with E-state index in [0.29, 0.717) is 25.9 Å². The van der Waals surface area contributed by atoms with E-state index < -0.39 is 12.1 Å². The molecule has 0 aromatic carbocycles. The third-order valence-corrected chi connectivity index (χ3v) is 14.7. The van der Waals surface area contributed by atoms with Gasteiger partial charge in [0.15, 0.2) is 0 Å². The molecule has 2 unspecified atom stereocenters. The number of unbranched alkanes of at least 4 members (excludes halogenated alkanes) is 42. The van der Waals surface area contributed by atoms with Gasteiger partial charge in [-0.15, -0.1) is 0 Å². The summed E-state index contributed by atoms with van der Waals surface area (Å²) in [5.41, 5.74) is 0. The number of aliphatic hydroxyl groups excluding tert-OH is 2. The summed E-state index contributed by atoms with van der Waals surface area (Å²) >= 11 is 0. The second-order valence-corrected chi connectivity index (χ2v) is 21.7. The van der Waals surface area contributed by atoms with Gasteiger partial charge in [0.1, 0.15) is 0 Å². The van der Waals surface area contributed by atoms with Crippen LogP contribution >= 0.6 is 0 Å². The van der Waals surface area contributed by atoms with Crippen molar-refractivity contribution < 1.29 is 24.5 Å². The molecular formula is C65H123NO5. The highest BCUT2D eigenvalue weighted by Crippen LogP contribution is 2.17. The number of carbonyl (C=O) groups is 2. The normalized spacial score (nSPS) is 12.8. The molecule has 0 saturated heterocycles. The molecule has 3 N–H and O–H groups in total. The van der Waals surface area contributed by atoms with Crippen molar-refractivity contribution in [3.63, 3.8) is 0 Å². The highest BCUT2D eigenvalue weighted by atomic mass is 16.5. The van der Waals surface area contributed by atoms with Crippen LogP contribution in [-0.2, 0) is 14.3 Å². The second kappa shape index (κ2) is 60.6. The van der Waals surface area contributed by atoms with Crippen molar-refractivity contribution in [3.05, 3.63) is 36.5 Å². The number of carbonyl (C=O) groups excluding carboxylic acids is 2. The first kappa shape index (κ1) is 69.1. The molecule has 0 aromatic rings. The molecule has 0 bridgehead atoms. The second-order valence-electron chi connectivity index (χ2n) is 21.7. The number of allylic oxidation sites excluding steroid dienone is 6. The lowest BCUT2D eigenvalue weighted by atomic mass is 10.0. The molecular weight excluding hydrogens is 875 g/mol. The number of ether oxygens (including phenoxy) is 1. The van der Waals surface area contributed by atoms with Gasteiger partial charge in [-0.25, -0.2) is 0 Å². The van der Waals surface area contributed by atoms with Crippen LogP contribution in [0.2, 0.25) is 0 Å². The Bertz CT molecular complexity index is 1150. The maximum Gasteiger partial charge on any atom is 0.305 e. The first-order valence-corrected chi connectivity index (χ1v) is 31.7. The minimum Gasteiger partial charge on any atom is -0.466 e. The lowest BCUT2D eigenvalue weighted by molar-refractivity contribution is -0.143. The number of aliphatic hydroxyl groups is 2. The number of amides is 1. The van der Waals surface area contributed by atoms with Crippen LogP contribution in [0.25, 0.3) is 0 Å². The van der Waals surface area contributed by atoms with E-state index in [0.717, 1.165) is 51.4 Å². The van der Waals surface area contributed by atoms with Crippen molar-refractivity contribution in [3.8, 4) is 0 Å². The van der Waals surface area contributed by atoms with Gasteiger partial charge < -0.3 is 20.3 Å². The van der Waals surface area contributed by atoms with E-state index in [9.17, 15) is 19.8 Å². The Balaban J connectivity index is 3.41. The van der Waals surface area contributed by atoms with Crippen molar-refractivity contribution in [2.24, 2.45) is 0 Å². The van der Waals surface area contributed by atoms with Crippen molar-refractivity contribution in [1.82, 2.24) is 5.32 Å². The van der Waals surface area contributed by atoms with E-state index in [2.05, 4.69) is 55.6 Å². The summed E-state index contributed by atoms with van der Waals surface area (Å²) in [5, 5.41) is 23.3. The zero-order chi connectivity index (χ0) is 51.4. The van der Waals surface area contributed by atoms with Crippen LogP contribution in [0, 0.1) is 0 Å². The van der Waals surface area contributed by atoms with Crippen molar-refractivity contribution >= 4 is 11.9 Å². The molecule has 418 valence electrons. The molecule has 0 saturated carbocycles. The van der Waals surface area contributed by atoms with Crippen LogP contribution in [0.15, 0.2) is 36.5 Å². The van der Waals surface area contributed by atoms with E-state index in [1.165, 1.54) is 257 Å². The summed E-state index contributed by atoms with van der Waals surface area (Å²) in [6, 6.07) is -0.546. The van der Waals surface area contributed by atoms with Crippen molar-refractivity contribution in [2.75, 3.05) is 13.2 Å². The van der Waals surface area contributed by atoms with Gasteiger partial charge >= 0.3 is 5.97 Å². The standard InChI is InChI=1S/C65H123NO5/c1-3-5-7-9-11-13-15-17-19-20-28-31-35-39-43-47-51-55-59-65(70)71-60-56-52-48-44-40-36-32-29-26-24-22-21-23-25-27-30-34-38-42-46-50-54-58-64(69)66-62(61-67)63(68)57-53-49-45-41-37-33-18-16-14-12-10-8-6-4-2/h13,15,19-20,23,25,62-63,67-68H,3-12,14,16-18,21-22,24,26-61H2,1-2H3,(H,66,69)/b15-13-,20-19-,25-23-. The van der Waals surface area contributed by atoms with E-state index in [1.807, 2.05) is 0 Å². The Morgan fingerprint density at radius 2 is 0.704 bits per heavy atom. The van der Waals surface area contributed by atoms with Crippen LogP contribution in [0.1, 0.15) is 341 Å². The van der Waals surface area contributed by atoms with E-state index >= 15 is 0 Å². The summed E-state index contributed by atoms with van der Waals surface area (Å²) in [6.45, 7) is 4.94. The number of esters is 1. The van der Waals surface area contributed by atoms with Gasteiger partial charge in [0, 0.05) is 12.8 Å². The topological polar surface area (TPSA) is 95.9 Å². The molecule has 71 heavy (non-hydrogen) atoms. The van der Waals surface area contributed by atoms with Gasteiger partial charge in [0.2, 0.25) is 5.91 Å². The minimum absolute atomic E-state index is 0.00279. The summed E-state index contributed by atoms with van der Waals surface area (Å²) in [7, 11) is 0. The Hall–Kier alpha value is -1.92. The summed E-state index contributed by atoms with van der Waals surface area (Å²) in [6.07, 6.45) is 75.8. The van der Waals surface area contributed by atoms with Crippen LogP contribution < -0.4 is 5.32 Å². The maximum atomic E-state index is 12.5. The van der Waals surface area contributed by atoms with Crippen LogP contribution in [0.3, 0.4) is 0 Å². The fourth-order valence-corrected chi connectivity index (χ4v) is 9.78. The summed E-state index contributed by atoms with van der Waals surface area (Å²) < 4.78 is 5.49. The lowest BCUT2D eigenvalue weighted by Gasteiger charge is -2.22. The molecule has 0 aliphatic rings. The van der Waals surface area contributed by atoms with Gasteiger partial charge in [-0.3, -0.25) is 9.59 Å². The highest BCUT2D eigenvalue weighted by molar-refractivity contribution is 5.76. The Morgan fingerprint density at radius 1 is 0.394 bits per heavy atom. The smallest absolute Gasteiger partial charge is 0.305 e. The van der Waals surface area contributed by atoms with Gasteiger partial charge in [0.25, 0.3) is 0 Å². The molecule has 6 heteroatoms. The molecule has 0 rings (SSSR count). The molecule has 2 atom stereocenters. The largest absolute Gasteiger partial charge is 0.466 e. The van der Waals surface area contributed by atoms with Crippen molar-refractivity contribution in [2.45, 2.75) is 353 Å². The quantitative estimate of drug-likeness (QED) is 0.0321. The predicted octanol–water partition coefficient (Wildman–Crippen LogP) is 20.0. The molecule has 0 fully saturated rings. The van der Waals surface area contributed by atoms with E-state index in [1.54, 1.807) is 0 Å². The summed E-state index contributed by atoms with van der Waals surface area (Å²) in [4.78, 5) is 24.6. The molecule has 0 heterocycles. The van der Waals surface area contributed by atoms with E-state index in [4.69, 9.17) is 4.74 Å². The molecule has 0 spiro atoms. The molecule has 1 amide bonds. The minimum atomic E-state index is -0.669. The zero-order valence-corrected chi connectivity index (χ0v) is 47.7. The first-order valence-electron chi connectivity index (χ1n) is 31.7. The van der Waals surface area contributed by atoms with Crippen LogP contribution in [-0.4, -0.2) is 47.4 Å². The van der Waals surface area contributed by atoms with Crippen LogP contribution in [0.4, 0.5) is 0 Å². The predicted molar refractivity (Wildman–Crippen MR) is 310 cm³/mol. The Kier molecular flexibility index (Phi) is 59.0. The molecule has 0 aromatic heterocycles. The fraction of sp³-hybridized carbons (Fsp3) is 0.877. The molecule has 0 radical (unpaired) electrons. The SMILES string of the molecule is CCCCCC/C=C\C/C=C\CCCCCCCCCC(=O)OCCCCCCCCCCCCC/C=C\CCCCCCCCCC(=O)NC(CO)C(O)CCCCCCCCCCCCCCCC. The monoisotopic (exact) mass is 998 g/mol. The van der Waals surface area contributed by atoms with E-state index in [-0.39, 0.29) is 18.5 Å². The number of hydrogen-bond acceptors (Lipinski definition) is 5. The third kappa shape index (κ3) is 57.2. The maximum absolute atomic E-state index is 12.5. The summed E-state index contributed by atoms with van der Waals surface area (Å²) in [5.74, 6) is -0.0382. The third-order valence-electron chi connectivity index (χ3n) is 14.7. The van der Waals surface area contributed by atoms with Gasteiger partial charge in [-0.05, 0) is 83.5 Å². The highest BCUT2D eigenvalue weighted by Gasteiger charge is 2.20. The van der Waals surface area contributed by atoms with Gasteiger partial charge in [-0.2, -0.15) is 0 Å². The number of hydrogen-bond donors (Lipinski definition) is 3. The Morgan fingerprint density at radius 3 is 1.10 bits per heavy atom. The zero-order valence-electron chi connectivity index (χ0n) is 47.7. The van der Waals surface area contributed by atoms with Crippen molar-refractivity contribution in [1.29, 1.82) is 0 Å². The first-order chi connectivity index (χ1) is 35.0. The Labute approximate surface area is 443 Å². The van der Waals surface area contributed by atoms with Gasteiger partial charge in [0.05, 0.1) is 25.4 Å². The number of nitrogens with one attached hydrogen (secondary N) is 1. The molecule has 6 nitrogen and oxygen atoms in total. The average Bonchev–Trinajstić information content (AvgIpc) is 3.37.